The van der Waals surface area contributed by atoms with Gasteiger partial charge in [-0.2, -0.15) is 0 Å². The quantitative estimate of drug-likeness (QED) is 0.667. The number of hydrogen-bond acceptors (Lipinski definition) is 3. The van der Waals surface area contributed by atoms with E-state index in [0.29, 0.717) is 0 Å². The molecule has 21 heavy (non-hydrogen) atoms. The predicted octanol–water partition coefficient (Wildman–Crippen LogP) is 4.89. The Bertz CT molecular complexity index is 799. The molecule has 0 amide bonds. The average Bonchev–Trinajstić information content (AvgIpc) is 2.51. The van der Waals surface area contributed by atoms with E-state index in [1.165, 1.54) is 5.56 Å². The normalized spacial score (nSPS) is 10.8. The molecule has 1 heterocycles. The van der Waals surface area contributed by atoms with Crippen LogP contribution in [0.4, 0.5) is 17.1 Å². The second-order valence-corrected chi connectivity index (χ2v) is 5.79. The van der Waals surface area contributed by atoms with E-state index in [4.69, 9.17) is 5.73 Å². The van der Waals surface area contributed by atoms with Gasteiger partial charge in [0.2, 0.25) is 0 Å². The molecule has 0 unspecified atom stereocenters. The van der Waals surface area contributed by atoms with Crippen LogP contribution in [0.1, 0.15) is 12.5 Å². The van der Waals surface area contributed by atoms with Gasteiger partial charge in [0.15, 0.2) is 0 Å². The summed E-state index contributed by atoms with van der Waals surface area (Å²) in [6.45, 7) is 2.14. The van der Waals surface area contributed by atoms with Crippen molar-refractivity contribution in [3.63, 3.8) is 0 Å². The van der Waals surface area contributed by atoms with Crippen molar-refractivity contribution in [2.24, 2.45) is 0 Å². The van der Waals surface area contributed by atoms with Gasteiger partial charge in [-0.1, -0.05) is 22.9 Å². The zero-order chi connectivity index (χ0) is 14.8. The van der Waals surface area contributed by atoms with Gasteiger partial charge in [-0.05, 0) is 54.4 Å². The Balaban J connectivity index is 2.04. The number of hydrogen-bond donors (Lipinski definition) is 2. The van der Waals surface area contributed by atoms with E-state index >= 15 is 0 Å². The summed E-state index contributed by atoms with van der Waals surface area (Å²) in [5, 5.41) is 4.41. The number of nitrogens with one attached hydrogen (secondary N) is 1. The third kappa shape index (κ3) is 2.72. The minimum absolute atomic E-state index is 0.727. The molecule has 3 aromatic rings. The minimum Gasteiger partial charge on any atom is -0.396 e. The molecule has 3 rings (SSSR count). The summed E-state index contributed by atoms with van der Waals surface area (Å²) in [5.41, 5.74) is 11.1. The van der Waals surface area contributed by atoms with E-state index in [1.807, 2.05) is 30.3 Å². The van der Waals surface area contributed by atoms with Gasteiger partial charge in [-0.3, -0.25) is 4.98 Å². The van der Waals surface area contributed by atoms with Crippen LogP contribution in [0.2, 0.25) is 0 Å². The lowest BCUT2D eigenvalue weighted by Gasteiger charge is -2.14. The first-order valence-corrected chi connectivity index (χ1v) is 7.67. The average molecular weight is 342 g/mol. The summed E-state index contributed by atoms with van der Waals surface area (Å²) in [5.74, 6) is 0. The van der Waals surface area contributed by atoms with Gasteiger partial charge < -0.3 is 11.1 Å². The number of halogens is 1. The summed E-state index contributed by atoms with van der Waals surface area (Å²) in [7, 11) is 0. The molecule has 0 saturated carbocycles. The van der Waals surface area contributed by atoms with Crippen LogP contribution in [-0.4, -0.2) is 4.98 Å². The molecular weight excluding hydrogens is 326 g/mol. The molecule has 0 atom stereocenters. The van der Waals surface area contributed by atoms with Gasteiger partial charge in [0.1, 0.15) is 0 Å². The lowest BCUT2D eigenvalue weighted by molar-refractivity contribution is 1.14. The number of fused-ring (bicyclic) bond motifs is 1. The predicted molar refractivity (Wildman–Crippen MR) is 93.0 cm³/mol. The van der Waals surface area contributed by atoms with E-state index in [9.17, 15) is 0 Å². The first-order valence-electron chi connectivity index (χ1n) is 6.87. The van der Waals surface area contributed by atoms with Crippen molar-refractivity contribution in [3.05, 3.63) is 58.7 Å². The second kappa shape index (κ2) is 5.74. The molecule has 0 aliphatic rings. The highest BCUT2D eigenvalue weighted by atomic mass is 79.9. The summed E-state index contributed by atoms with van der Waals surface area (Å²) in [4.78, 5) is 4.32. The molecule has 1 aromatic heterocycles. The van der Waals surface area contributed by atoms with Gasteiger partial charge in [0, 0.05) is 21.7 Å². The first kappa shape index (κ1) is 13.9. The molecule has 0 aliphatic heterocycles. The lowest BCUT2D eigenvalue weighted by atomic mass is 10.1. The molecule has 0 bridgehead atoms. The number of nitrogens with zero attached hydrogens (tertiary/aromatic N) is 1. The van der Waals surface area contributed by atoms with Crippen molar-refractivity contribution in [1.29, 1.82) is 0 Å². The molecule has 3 nitrogen and oxygen atoms in total. The van der Waals surface area contributed by atoms with Crippen LogP contribution in [0, 0.1) is 0 Å². The summed E-state index contributed by atoms with van der Waals surface area (Å²) >= 11 is 3.51. The highest BCUT2D eigenvalue weighted by molar-refractivity contribution is 9.10. The highest BCUT2D eigenvalue weighted by Gasteiger charge is 2.07. The number of nitrogen functional groups attached to an aromatic ring is 1. The van der Waals surface area contributed by atoms with E-state index in [2.05, 4.69) is 45.3 Å². The van der Waals surface area contributed by atoms with E-state index in [0.717, 1.165) is 38.9 Å². The molecule has 106 valence electrons. The summed E-state index contributed by atoms with van der Waals surface area (Å²) < 4.78 is 1.08. The van der Waals surface area contributed by atoms with Crippen LogP contribution in [0.3, 0.4) is 0 Å². The fourth-order valence-electron chi connectivity index (χ4n) is 2.41. The van der Waals surface area contributed by atoms with Crippen molar-refractivity contribution in [2.75, 3.05) is 11.1 Å². The van der Waals surface area contributed by atoms with E-state index in [1.54, 1.807) is 6.20 Å². The number of pyridine rings is 1. The largest absolute Gasteiger partial charge is 0.396 e. The first-order chi connectivity index (χ1) is 10.2. The fourth-order valence-corrected chi connectivity index (χ4v) is 2.81. The smallest absolute Gasteiger partial charge is 0.0724 e. The Morgan fingerprint density at radius 3 is 2.76 bits per heavy atom. The van der Waals surface area contributed by atoms with E-state index in [-0.39, 0.29) is 0 Å². The van der Waals surface area contributed by atoms with Crippen LogP contribution >= 0.6 is 15.9 Å². The van der Waals surface area contributed by atoms with Gasteiger partial charge in [0.25, 0.3) is 0 Å². The maximum Gasteiger partial charge on any atom is 0.0724 e. The zero-order valence-electron chi connectivity index (χ0n) is 11.7. The maximum atomic E-state index is 6.28. The SMILES string of the molecule is CCc1cc(Br)ccc1Nc1ccc2ncccc2c1N. The molecule has 3 N–H and O–H groups in total. The van der Waals surface area contributed by atoms with Crippen molar-refractivity contribution in [1.82, 2.24) is 4.98 Å². The Labute approximate surface area is 132 Å². The number of benzene rings is 2. The molecule has 0 aliphatic carbocycles. The number of nitrogens with two attached hydrogens (primary N) is 1. The van der Waals surface area contributed by atoms with Crippen LogP contribution in [0.15, 0.2) is 53.1 Å². The van der Waals surface area contributed by atoms with Crippen LogP contribution < -0.4 is 11.1 Å². The van der Waals surface area contributed by atoms with Gasteiger partial charge in [-0.25, -0.2) is 0 Å². The Kier molecular flexibility index (Phi) is 3.80. The monoisotopic (exact) mass is 341 g/mol. The van der Waals surface area contributed by atoms with Gasteiger partial charge in [0.05, 0.1) is 16.9 Å². The zero-order valence-corrected chi connectivity index (χ0v) is 13.3. The lowest BCUT2D eigenvalue weighted by Crippen LogP contribution is -2.00. The molecule has 0 spiro atoms. The molecule has 2 aromatic carbocycles. The fraction of sp³-hybridized carbons (Fsp3) is 0.118. The number of anilines is 3. The number of aryl methyl sites for hydroxylation is 1. The maximum absolute atomic E-state index is 6.28. The number of rotatable bonds is 3. The summed E-state index contributed by atoms with van der Waals surface area (Å²) in [6.07, 6.45) is 2.73. The molecule has 0 radical (unpaired) electrons. The van der Waals surface area contributed by atoms with Gasteiger partial charge >= 0.3 is 0 Å². The summed E-state index contributed by atoms with van der Waals surface area (Å²) in [6, 6.07) is 14.1. The van der Waals surface area contributed by atoms with Gasteiger partial charge in [-0.15, -0.1) is 0 Å². The Morgan fingerprint density at radius 2 is 1.95 bits per heavy atom. The van der Waals surface area contributed by atoms with Crippen molar-refractivity contribution >= 4 is 43.9 Å². The van der Waals surface area contributed by atoms with Crippen molar-refractivity contribution < 1.29 is 0 Å². The minimum atomic E-state index is 0.727. The van der Waals surface area contributed by atoms with Crippen LogP contribution in [0.25, 0.3) is 10.9 Å². The van der Waals surface area contributed by atoms with E-state index < -0.39 is 0 Å². The van der Waals surface area contributed by atoms with Crippen LogP contribution in [0.5, 0.6) is 0 Å². The van der Waals surface area contributed by atoms with Crippen LogP contribution in [-0.2, 0) is 6.42 Å². The second-order valence-electron chi connectivity index (χ2n) is 4.88. The Hall–Kier alpha value is -2.07. The highest BCUT2D eigenvalue weighted by Crippen LogP contribution is 2.32. The molecular formula is C17H16BrN3. The third-order valence-electron chi connectivity index (χ3n) is 3.54. The van der Waals surface area contributed by atoms with Crippen molar-refractivity contribution in [3.8, 4) is 0 Å². The topological polar surface area (TPSA) is 50.9 Å². The molecule has 4 heteroatoms. The van der Waals surface area contributed by atoms with Crippen molar-refractivity contribution in [2.45, 2.75) is 13.3 Å². The molecule has 0 fully saturated rings. The Morgan fingerprint density at radius 1 is 1.14 bits per heavy atom. The third-order valence-corrected chi connectivity index (χ3v) is 4.04. The molecule has 0 saturated heterocycles. The standard InChI is InChI=1S/C17H16BrN3/c1-2-11-10-12(18)5-6-14(11)21-16-8-7-15-13(17(16)19)4-3-9-20-15/h3-10,21H,2,19H2,1H3. The number of aromatic nitrogens is 1.